The number of amides is 2. The van der Waals surface area contributed by atoms with Crippen LogP contribution in [-0.2, 0) is 23.8 Å². The average Bonchev–Trinajstić information content (AvgIpc) is 3.32. The Labute approximate surface area is 239 Å². The van der Waals surface area contributed by atoms with Crippen molar-refractivity contribution in [1.29, 1.82) is 0 Å². The topological polar surface area (TPSA) is 114 Å². The van der Waals surface area contributed by atoms with E-state index in [0.717, 1.165) is 57.9 Å². The number of rotatable bonds is 8. The van der Waals surface area contributed by atoms with Gasteiger partial charge in [-0.15, -0.1) is 0 Å². The van der Waals surface area contributed by atoms with Crippen LogP contribution in [0.3, 0.4) is 0 Å². The number of hydrogen-bond donors (Lipinski definition) is 3. The molecule has 9 heteroatoms. The van der Waals surface area contributed by atoms with E-state index < -0.39 is 12.2 Å². The number of quaternary nitrogens is 1. The second-order valence-electron chi connectivity index (χ2n) is 13.7. The lowest BCUT2D eigenvalue weighted by molar-refractivity contribution is -0.713. The number of piperidine rings is 2. The number of aliphatic hydroxyl groups excluding tert-OH is 1. The van der Waals surface area contributed by atoms with Gasteiger partial charge in [0.25, 0.3) is 0 Å². The Morgan fingerprint density at radius 3 is 2.58 bits per heavy atom. The molecule has 0 aromatic carbocycles. The van der Waals surface area contributed by atoms with Crippen LogP contribution in [0, 0.1) is 29.6 Å². The van der Waals surface area contributed by atoms with Gasteiger partial charge >= 0.3 is 0 Å². The van der Waals surface area contributed by atoms with Crippen LogP contribution >= 0.6 is 0 Å². The van der Waals surface area contributed by atoms with Gasteiger partial charge in [0.1, 0.15) is 12.1 Å². The van der Waals surface area contributed by atoms with Gasteiger partial charge < -0.3 is 34.9 Å². The summed E-state index contributed by atoms with van der Waals surface area (Å²) < 4.78 is 18.1. The molecule has 0 aromatic heterocycles. The standard InChI is InChI=1S/C31H51N3O6/c1-17(30(36)33-16-24(35)18-7-5-4-6-8-18)40-19-9-11-23-22(15-19)20-13-14-32-27-21-10-12-25(38-2)29(39-3)26(21)31(37)34(23)28(20)27/h17-29,32,35H,4-16H2,1-3H3,(H,33,36)/p+1/t17-,19?,20?,21?,22?,23?,24+,25?,26?,27?,28?,29?/m1/s1. The second-order valence-corrected chi connectivity index (χ2v) is 13.7. The first-order valence-corrected chi connectivity index (χ1v) is 16.2. The molecule has 12 atom stereocenters. The molecule has 3 aliphatic carbocycles. The maximum atomic E-state index is 14.2. The average molecular weight is 563 g/mol. The number of ether oxygens (including phenoxy) is 3. The van der Waals surface area contributed by atoms with Gasteiger partial charge in [0.05, 0.1) is 42.9 Å². The molecule has 3 aliphatic heterocycles. The van der Waals surface area contributed by atoms with E-state index >= 15 is 0 Å². The van der Waals surface area contributed by atoms with Crippen molar-refractivity contribution in [3.63, 3.8) is 0 Å². The molecule has 2 amide bonds. The molecule has 0 spiro atoms. The van der Waals surface area contributed by atoms with E-state index in [0.29, 0.717) is 42.3 Å². The normalized spacial score (nSPS) is 42.9. The molecule has 6 aliphatic rings. The van der Waals surface area contributed by atoms with Crippen molar-refractivity contribution in [2.75, 3.05) is 27.3 Å². The van der Waals surface area contributed by atoms with Crippen LogP contribution in [-0.4, -0.2) is 97.8 Å². The summed E-state index contributed by atoms with van der Waals surface area (Å²) in [5.74, 6) is 1.60. The molecule has 226 valence electrons. The number of nitrogens with zero attached hydrogens (tertiary/aromatic N) is 1. The summed E-state index contributed by atoms with van der Waals surface area (Å²) in [6.45, 7) is 3.25. The van der Waals surface area contributed by atoms with E-state index in [2.05, 4.69) is 15.5 Å². The Morgan fingerprint density at radius 1 is 1.02 bits per heavy atom. The second kappa shape index (κ2) is 12.2. The predicted octanol–water partition coefficient (Wildman–Crippen LogP) is 1.22. The lowest BCUT2D eigenvalue weighted by Gasteiger charge is -2.53. The van der Waals surface area contributed by atoms with E-state index in [1.165, 1.54) is 19.3 Å². The summed E-state index contributed by atoms with van der Waals surface area (Å²) in [6.07, 6.45) is 10.3. The van der Waals surface area contributed by atoms with Crippen LogP contribution in [0.5, 0.6) is 0 Å². The zero-order valence-electron chi connectivity index (χ0n) is 24.7. The summed E-state index contributed by atoms with van der Waals surface area (Å²) in [7, 11) is 3.47. The minimum absolute atomic E-state index is 0.0231. The number of carbonyl (C=O) groups excluding carboxylic acids is 2. The van der Waals surface area contributed by atoms with E-state index in [-0.39, 0.29) is 42.1 Å². The van der Waals surface area contributed by atoms with E-state index in [9.17, 15) is 14.7 Å². The molecule has 0 bridgehead atoms. The zero-order chi connectivity index (χ0) is 28.0. The van der Waals surface area contributed by atoms with Gasteiger partial charge in [0.15, 0.2) is 0 Å². The fourth-order valence-electron chi connectivity index (χ4n) is 10.0. The fourth-order valence-corrected chi connectivity index (χ4v) is 10.0. The van der Waals surface area contributed by atoms with Crippen LogP contribution in [0.25, 0.3) is 0 Å². The highest BCUT2D eigenvalue weighted by Gasteiger charge is 2.66. The number of nitrogens with one attached hydrogen (secondary N) is 1. The maximum absolute atomic E-state index is 14.2. The van der Waals surface area contributed by atoms with Crippen LogP contribution in [0.1, 0.15) is 77.6 Å². The van der Waals surface area contributed by atoms with Gasteiger partial charge in [-0.25, -0.2) is 0 Å². The summed E-state index contributed by atoms with van der Waals surface area (Å²) in [4.78, 5) is 29.4. The molecule has 3 saturated heterocycles. The number of carbonyl (C=O) groups is 2. The molecule has 4 N–H and O–H groups in total. The first-order valence-electron chi connectivity index (χ1n) is 16.2. The number of methoxy groups -OCH3 is 2. The van der Waals surface area contributed by atoms with Crippen LogP contribution in [0.4, 0.5) is 0 Å². The van der Waals surface area contributed by atoms with Gasteiger partial charge in [-0.3, -0.25) is 9.59 Å². The summed E-state index contributed by atoms with van der Waals surface area (Å²) in [6, 6.07) is 0.990. The Morgan fingerprint density at radius 2 is 1.82 bits per heavy atom. The van der Waals surface area contributed by atoms with Crippen molar-refractivity contribution < 1.29 is 34.2 Å². The third-order valence-electron chi connectivity index (χ3n) is 11.8. The van der Waals surface area contributed by atoms with Gasteiger partial charge in [-0.1, -0.05) is 19.3 Å². The Bertz CT molecular complexity index is 914. The van der Waals surface area contributed by atoms with Crippen LogP contribution in [0.2, 0.25) is 0 Å². The molecule has 10 unspecified atom stereocenters. The van der Waals surface area contributed by atoms with Crippen molar-refractivity contribution >= 4 is 11.8 Å². The number of hydrogen-bond acceptors (Lipinski definition) is 6. The Kier molecular flexibility index (Phi) is 8.76. The number of fused-ring (bicyclic) bond motifs is 5. The third kappa shape index (κ3) is 5.12. The highest BCUT2D eigenvalue weighted by atomic mass is 16.5. The van der Waals surface area contributed by atoms with Gasteiger partial charge in [-0.05, 0) is 69.6 Å². The first-order chi connectivity index (χ1) is 19.4. The zero-order valence-corrected chi connectivity index (χ0v) is 24.7. The highest BCUT2D eigenvalue weighted by Crippen LogP contribution is 2.53. The smallest absolute Gasteiger partial charge is 0.248 e. The molecular weight excluding hydrogens is 510 g/mol. The Balaban J connectivity index is 1.09. The first kappa shape index (κ1) is 28.8. The number of nitrogens with two attached hydrogens (primary N) is 1. The quantitative estimate of drug-likeness (QED) is 0.410. The molecule has 0 radical (unpaired) electrons. The summed E-state index contributed by atoms with van der Waals surface area (Å²) in [5.41, 5.74) is 0. The van der Waals surface area contributed by atoms with Crippen molar-refractivity contribution in [2.45, 2.75) is 126 Å². The number of aliphatic hydroxyl groups is 1. The molecule has 3 heterocycles. The molecular formula is C31H52N3O6+. The molecule has 0 aromatic rings. The van der Waals surface area contributed by atoms with Gasteiger partial charge in [0.2, 0.25) is 11.8 Å². The van der Waals surface area contributed by atoms with Crippen molar-refractivity contribution in [1.82, 2.24) is 10.2 Å². The molecule has 6 fully saturated rings. The Hall–Kier alpha value is -1.26. The highest BCUT2D eigenvalue weighted by molar-refractivity contribution is 5.82. The lowest BCUT2D eigenvalue weighted by Crippen LogP contribution is -2.99. The van der Waals surface area contributed by atoms with Gasteiger partial charge in [0, 0.05) is 39.1 Å². The third-order valence-corrected chi connectivity index (χ3v) is 11.8. The molecule has 40 heavy (non-hydrogen) atoms. The van der Waals surface area contributed by atoms with E-state index in [4.69, 9.17) is 14.2 Å². The van der Waals surface area contributed by atoms with Crippen molar-refractivity contribution in [3.8, 4) is 0 Å². The monoisotopic (exact) mass is 562 g/mol. The molecule has 6 rings (SSSR count). The maximum Gasteiger partial charge on any atom is 0.248 e. The minimum Gasteiger partial charge on any atom is -0.391 e. The van der Waals surface area contributed by atoms with Crippen molar-refractivity contribution in [3.05, 3.63) is 0 Å². The SMILES string of the molecule is COC1CCC2C3[NH2+]CCC4C5CC(O[C@H](C)C(=O)NC[C@H](O)C6CCCCC6)CCC5N(C(=O)C2C1OC)C43. The van der Waals surface area contributed by atoms with Crippen molar-refractivity contribution in [2.24, 2.45) is 29.6 Å². The fraction of sp³-hybridized carbons (Fsp3) is 0.935. The predicted molar refractivity (Wildman–Crippen MR) is 148 cm³/mol. The molecule has 9 nitrogen and oxygen atoms in total. The van der Waals surface area contributed by atoms with Crippen LogP contribution < -0.4 is 10.6 Å². The lowest BCUT2D eigenvalue weighted by atomic mass is 9.64. The minimum atomic E-state index is -0.547. The summed E-state index contributed by atoms with van der Waals surface area (Å²) in [5, 5.41) is 16.0. The summed E-state index contributed by atoms with van der Waals surface area (Å²) >= 11 is 0. The van der Waals surface area contributed by atoms with Gasteiger partial charge in [-0.2, -0.15) is 0 Å². The molecule has 3 saturated carbocycles. The largest absolute Gasteiger partial charge is 0.391 e. The van der Waals surface area contributed by atoms with Crippen LogP contribution in [0.15, 0.2) is 0 Å². The van der Waals surface area contributed by atoms with E-state index in [1.807, 2.05) is 6.92 Å². The van der Waals surface area contributed by atoms with E-state index in [1.54, 1.807) is 14.2 Å².